The van der Waals surface area contributed by atoms with E-state index in [1.165, 1.54) is 28.8 Å². The van der Waals surface area contributed by atoms with Gasteiger partial charge in [0.15, 0.2) is 0 Å². The average Bonchev–Trinajstić information content (AvgIpc) is 3.08. The highest BCUT2D eigenvalue weighted by Crippen LogP contribution is 2.33. The number of hydrogen-bond acceptors (Lipinski definition) is 6. The van der Waals surface area contributed by atoms with E-state index in [0.29, 0.717) is 35.9 Å². The number of para-hydroxylation sites is 2. The Morgan fingerprint density at radius 3 is 2.23 bits per heavy atom. The van der Waals surface area contributed by atoms with Crippen LogP contribution < -0.4 is 14.4 Å². The van der Waals surface area contributed by atoms with Crippen LogP contribution in [0.5, 0.6) is 5.75 Å². The fraction of sp³-hybridized carbons (Fsp3) is 0.278. The lowest BCUT2D eigenvalue weighted by molar-refractivity contribution is -0.140. The molecule has 0 saturated carbocycles. The Balaban J connectivity index is 1.83. The molecule has 4 aromatic rings. The highest BCUT2D eigenvalue weighted by molar-refractivity contribution is 7.98. The number of nitrogens with zero attached hydrogens (tertiary/aromatic N) is 2. The van der Waals surface area contributed by atoms with Gasteiger partial charge in [-0.3, -0.25) is 13.9 Å². The van der Waals surface area contributed by atoms with Crippen LogP contribution in [0.15, 0.2) is 113 Å². The maximum atomic E-state index is 14.6. The van der Waals surface area contributed by atoms with Crippen LogP contribution in [0.3, 0.4) is 0 Å². The van der Waals surface area contributed by atoms with Crippen molar-refractivity contribution in [2.45, 2.75) is 49.1 Å². The van der Waals surface area contributed by atoms with Gasteiger partial charge in [-0.15, -0.1) is 11.8 Å². The number of thioether (sulfide) groups is 1. The van der Waals surface area contributed by atoms with Crippen LogP contribution in [0.4, 0.5) is 5.69 Å². The van der Waals surface area contributed by atoms with Crippen molar-refractivity contribution in [2.75, 3.05) is 30.3 Å². The smallest absolute Gasteiger partial charge is 0.264 e. The first-order valence-corrected chi connectivity index (χ1v) is 18.5. The number of ether oxygens (including phenoxy) is 1. The number of carbonyl (C=O) groups is 2. The molecule has 0 aliphatic heterocycles. The number of nitrogens with one attached hydrogen (secondary N) is 1. The van der Waals surface area contributed by atoms with Gasteiger partial charge in [-0.1, -0.05) is 73.1 Å². The Labute approximate surface area is 287 Å². The first-order chi connectivity index (χ1) is 22.7. The van der Waals surface area contributed by atoms with Crippen LogP contribution in [-0.4, -0.2) is 57.1 Å². The molecule has 0 heterocycles. The van der Waals surface area contributed by atoms with Crippen LogP contribution in [-0.2, 0) is 32.6 Å². The summed E-state index contributed by atoms with van der Waals surface area (Å²) in [6, 6.07) is 28.8. The first-order valence-electron chi connectivity index (χ1n) is 15.4. The third kappa shape index (κ3) is 9.53. The normalized spacial score (nSPS) is 11.8. The lowest BCUT2D eigenvalue weighted by Crippen LogP contribution is -2.53. The highest BCUT2D eigenvalue weighted by atomic mass is 35.5. The molecule has 0 radical (unpaired) electrons. The highest BCUT2D eigenvalue weighted by Gasteiger charge is 2.35. The second-order valence-corrected chi connectivity index (χ2v) is 13.9. The van der Waals surface area contributed by atoms with Crippen molar-refractivity contribution in [3.8, 4) is 5.75 Å². The Kier molecular flexibility index (Phi) is 13.2. The van der Waals surface area contributed by atoms with Crippen molar-refractivity contribution >= 4 is 50.9 Å². The van der Waals surface area contributed by atoms with Crippen molar-refractivity contribution in [1.29, 1.82) is 0 Å². The lowest BCUT2D eigenvalue weighted by atomic mass is 10.0. The summed E-state index contributed by atoms with van der Waals surface area (Å²) in [5, 5.41) is 3.43. The van der Waals surface area contributed by atoms with Crippen LogP contribution >= 0.6 is 23.4 Å². The molecule has 4 rings (SSSR count). The molecule has 0 aliphatic carbocycles. The lowest BCUT2D eigenvalue weighted by Gasteiger charge is -2.34. The molecule has 0 bridgehead atoms. The van der Waals surface area contributed by atoms with Gasteiger partial charge in [-0.25, -0.2) is 8.42 Å². The average molecular weight is 694 g/mol. The molecule has 0 saturated heterocycles. The van der Waals surface area contributed by atoms with E-state index in [1.807, 2.05) is 49.6 Å². The minimum absolute atomic E-state index is 0.0253. The van der Waals surface area contributed by atoms with Gasteiger partial charge in [0.2, 0.25) is 11.8 Å². The summed E-state index contributed by atoms with van der Waals surface area (Å²) < 4.78 is 35.7. The molecule has 4 aromatic carbocycles. The molecule has 2 amide bonds. The van der Waals surface area contributed by atoms with E-state index in [-0.39, 0.29) is 29.5 Å². The van der Waals surface area contributed by atoms with Crippen molar-refractivity contribution in [1.82, 2.24) is 10.2 Å². The summed E-state index contributed by atoms with van der Waals surface area (Å²) in [7, 11) is -4.27. The first kappa shape index (κ1) is 35.9. The summed E-state index contributed by atoms with van der Waals surface area (Å²) in [5.74, 6) is -0.578. The van der Waals surface area contributed by atoms with E-state index < -0.39 is 28.5 Å². The number of halogens is 1. The second-order valence-electron chi connectivity index (χ2n) is 10.7. The Morgan fingerprint density at radius 2 is 1.57 bits per heavy atom. The fourth-order valence-electron chi connectivity index (χ4n) is 5.08. The predicted molar refractivity (Wildman–Crippen MR) is 190 cm³/mol. The Morgan fingerprint density at radius 1 is 0.894 bits per heavy atom. The summed E-state index contributed by atoms with van der Waals surface area (Å²) >= 11 is 7.82. The predicted octanol–water partition coefficient (Wildman–Crippen LogP) is 6.82. The molecule has 0 aromatic heterocycles. The molecule has 8 nitrogen and oxygen atoms in total. The number of anilines is 1. The van der Waals surface area contributed by atoms with E-state index in [4.69, 9.17) is 16.3 Å². The topological polar surface area (TPSA) is 96.0 Å². The zero-order chi connectivity index (χ0) is 33.8. The van der Waals surface area contributed by atoms with E-state index in [0.717, 1.165) is 14.8 Å². The van der Waals surface area contributed by atoms with Gasteiger partial charge in [0.25, 0.3) is 10.0 Å². The third-order valence-corrected chi connectivity index (χ3v) is 10.2. The molecule has 0 fully saturated rings. The van der Waals surface area contributed by atoms with Gasteiger partial charge in [0.05, 0.1) is 17.2 Å². The molecule has 0 unspecified atom stereocenters. The van der Waals surface area contributed by atoms with E-state index >= 15 is 0 Å². The number of sulfonamides is 1. The van der Waals surface area contributed by atoms with Crippen molar-refractivity contribution in [3.63, 3.8) is 0 Å². The maximum Gasteiger partial charge on any atom is 0.264 e. The largest absolute Gasteiger partial charge is 0.492 e. The Bertz CT molecular complexity index is 1740. The molecule has 0 aliphatic rings. The van der Waals surface area contributed by atoms with Crippen molar-refractivity contribution < 1.29 is 22.7 Å². The number of rotatable bonds is 16. The minimum Gasteiger partial charge on any atom is -0.492 e. The molecule has 11 heteroatoms. The SMILES string of the molecule is CCCNC(=O)[C@H](Cc1ccccc1)N(Cc1cccc(Cl)c1)C(=O)CN(c1ccccc1OCC)S(=O)(=O)c1ccc(SC)cc1. The molecule has 248 valence electrons. The van der Waals surface area contributed by atoms with Gasteiger partial charge >= 0.3 is 0 Å². The minimum atomic E-state index is -4.27. The van der Waals surface area contributed by atoms with Crippen LogP contribution in [0.1, 0.15) is 31.4 Å². The van der Waals surface area contributed by atoms with Gasteiger partial charge in [0.1, 0.15) is 18.3 Å². The molecule has 0 spiro atoms. The third-order valence-electron chi connectivity index (χ3n) is 7.42. The number of amides is 2. The molecule has 1 N–H and O–H groups in total. The maximum absolute atomic E-state index is 14.6. The molecule has 47 heavy (non-hydrogen) atoms. The van der Waals surface area contributed by atoms with Gasteiger partial charge in [0, 0.05) is 29.4 Å². The zero-order valence-corrected chi connectivity index (χ0v) is 29.2. The van der Waals surface area contributed by atoms with Gasteiger partial charge in [-0.05, 0) is 79.3 Å². The van der Waals surface area contributed by atoms with Gasteiger partial charge < -0.3 is 15.0 Å². The number of carbonyl (C=O) groups excluding carboxylic acids is 2. The molecule has 1 atom stereocenters. The fourth-order valence-corrected chi connectivity index (χ4v) is 7.13. The summed E-state index contributed by atoms with van der Waals surface area (Å²) in [5.41, 5.74) is 1.77. The van der Waals surface area contributed by atoms with Crippen LogP contribution in [0.2, 0.25) is 5.02 Å². The number of benzene rings is 4. The second kappa shape index (κ2) is 17.2. The van der Waals surface area contributed by atoms with Gasteiger partial charge in [-0.2, -0.15) is 0 Å². The van der Waals surface area contributed by atoms with Crippen molar-refractivity contribution in [3.05, 3.63) is 119 Å². The molecular weight excluding hydrogens is 654 g/mol. The monoisotopic (exact) mass is 693 g/mol. The van der Waals surface area contributed by atoms with E-state index in [1.54, 1.807) is 61.5 Å². The van der Waals surface area contributed by atoms with E-state index in [2.05, 4.69) is 5.32 Å². The van der Waals surface area contributed by atoms with Crippen molar-refractivity contribution in [2.24, 2.45) is 0 Å². The number of hydrogen-bond donors (Lipinski definition) is 1. The summed E-state index contributed by atoms with van der Waals surface area (Å²) in [4.78, 5) is 30.8. The summed E-state index contributed by atoms with van der Waals surface area (Å²) in [6.07, 6.45) is 2.84. The quantitative estimate of drug-likeness (QED) is 0.129. The Hall–Kier alpha value is -3.99. The van der Waals surface area contributed by atoms with Crippen LogP contribution in [0, 0.1) is 0 Å². The van der Waals surface area contributed by atoms with E-state index in [9.17, 15) is 18.0 Å². The zero-order valence-electron chi connectivity index (χ0n) is 26.8. The van der Waals surface area contributed by atoms with Crippen LogP contribution in [0.25, 0.3) is 0 Å². The standard InChI is InChI=1S/C36H40ClN3O5S2/c1-4-22-38-36(42)33(24-27-12-7-6-8-13-27)39(25-28-14-11-15-29(37)23-28)35(41)26-40(32-16-9-10-17-34(32)45-5-2)47(43,44)31-20-18-30(46-3)19-21-31/h6-21,23,33H,4-5,22,24-26H2,1-3H3,(H,38,42)/t33-/m0/s1. The molecular formula is C36H40ClN3O5S2. The summed E-state index contributed by atoms with van der Waals surface area (Å²) in [6.45, 7) is 3.92.